The van der Waals surface area contributed by atoms with Crippen LogP contribution < -0.4 is 30.1 Å². The summed E-state index contributed by atoms with van der Waals surface area (Å²) < 4.78 is 37.3. The Balaban J connectivity index is 1.40. The summed E-state index contributed by atoms with van der Waals surface area (Å²) in [5.41, 5.74) is 0.259. The second-order valence-corrected chi connectivity index (χ2v) is 14.9. The van der Waals surface area contributed by atoms with Gasteiger partial charge in [0.25, 0.3) is 5.56 Å². The molecule has 4 atom stereocenters. The van der Waals surface area contributed by atoms with Crippen LogP contribution in [0.2, 0.25) is 5.02 Å². The van der Waals surface area contributed by atoms with Gasteiger partial charge < -0.3 is 32.9 Å². The van der Waals surface area contributed by atoms with Gasteiger partial charge in [0.05, 0.1) is 26.9 Å². The number of halogens is 1. The molecule has 1 aromatic heterocycles. The maximum atomic E-state index is 13.7. The molecule has 0 radical (unpaired) electrons. The average molecular weight is 750 g/mol. The number of aromatic amines is 1. The summed E-state index contributed by atoms with van der Waals surface area (Å²) in [4.78, 5) is 41.1. The molecule has 0 bridgehead atoms. The third-order valence-electron chi connectivity index (χ3n) is 8.57. The van der Waals surface area contributed by atoms with E-state index in [1.165, 1.54) is 22.9 Å². The lowest BCUT2D eigenvalue weighted by Crippen LogP contribution is -2.39. The van der Waals surface area contributed by atoms with E-state index in [0.717, 1.165) is 16.7 Å². The van der Waals surface area contributed by atoms with Gasteiger partial charge in [0.1, 0.15) is 35.2 Å². The molecule has 1 aliphatic heterocycles. The molecule has 266 valence electrons. The molecular weight excluding hydrogens is 715 g/mol. The van der Waals surface area contributed by atoms with Gasteiger partial charge in [0.2, 0.25) is 0 Å². The van der Waals surface area contributed by atoms with Crippen molar-refractivity contribution in [2.24, 2.45) is 0 Å². The van der Waals surface area contributed by atoms with E-state index in [4.69, 9.17) is 51.4 Å². The lowest BCUT2D eigenvalue weighted by Gasteiger charge is -2.38. The van der Waals surface area contributed by atoms with Gasteiger partial charge in [-0.25, -0.2) is 4.79 Å². The maximum Gasteiger partial charge on any atom is 0.330 e. The van der Waals surface area contributed by atoms with Crippen LogP contribution in [-0.2, 0) is 31.4 Å². The highest BCUT2D eigenvalue weighted by atomic mass is 35.5. The van der Waals surface area contributed by atoms with Crippen LogP contribution >= 0.6 is 18.3 Å². The van der Waals surface area contributed by atoms with E-state index in [1.807, 2.05) is 78.9 Å². The van der Waals surface area contributed by atoms with Gasteiger partial charge in [-0.1, -0.05) is 66.2 Å². The zero-order chi connectivity index (χ0) is 36.2. The summed E-state index contributed by atoms with van der Waals surface area (Å²) >= 11 is 11.4. The van der Waals surface area contributed by atoms with Gasteiger partial charge in [-0.2, -0.15) is 0 Å². The lowest BCUT2D eigenvalue weighted by atomic mass is 9.80. The van der Waals surface area contributed by atoms with E-state index in [1.54, 1.807) is 33.3 Å². The molecule has 1 unspecified atom stereocenters. The smallest absolute Gasteiger partial charge is 0.330 e. The third kappa shape index (κ3) is 8.13. The number of benzene rings is 4. The Kier molecular flexibility index (Phi) is 11.1. The fraction of sp³-hybridized carbons (Fsp3) is 0.243. The summed E-state index contributed by atoms with van der Waals surface area (Å²) in [6.45, 7) is -2.73. The van der Waals surface area contributed by atoms with Crippen molar-refractivity contribution in [1.29, 1.82) is 0 Å². The molecule has 1 N–H and O–H groups in total. The first-order chi connectivity index (χ1) is 24.5. The van der Waals surface area contributed by atoms with E-state index < -0.39 is 42.0 Å². The molecule has 0 aliphatic carbocycles. The number of ether oxygens (including phenoxy) is 4. The average Bonchev–Trinajstić information content (AvgIpc) is 3.53. The molecular formula is C37H35ClN2O9PS-. The number of H-pyrrole nitrogens is 1. The summed E-state index contributed by atoms with van der Waals surface area (Å²) in [6, 6.07) is 30.9. The summed E-state index contributed by atoms with van der Waals surface area (Å²) in [6.07, 6.45) is -1.37. The van der Waals surface area contributed by atoms with Crippen LogP contribution in [0.3, 0.4) is 0 Å². The second-order valence-electron chi connectivity index (χ2n) is 11.8. The lowest BCUT2D eigenvalue weighted by molar-refractivity contribution is -0.205. The number of nitrogens with one attached hydrogen (secondary N) is 1. The Hall–Kier alpha value is -4.26. The van der Waals surface area contributed by atoms with Crippen molar-refractivity contribution < 1.29 is 32.9 Å². The molecule has 11 nitrogen and oxygen atoms in total. The Morgan fingerprint density at radius 2 is 1.43 bits per heavy atom. The van der Waals surface area contributed by atoms with E-state index in [9.17, 15) is 14.5 Å². The van der Waals surface area contributed by atoms with Gasteiger partial charge in [-0.15, -0.1) is 0 Å². The molecule has 0 spiro atoms. The van der Waals surface area contributed by atoms with Crippen LogP contribution in [0.4, 0.5) is 0 Å². The minimum Gasteiger partial charge on any atom is -0.770 e. The van der Waals surface area contributed by atoms with Crippen molar-refractivity contribution in [3.05, 3.63) is 157 Å². The van der Waals surface area contributed by atoms with E-state index >= 15 is 0 Å². The van der Waals surface area contributed by atoms with Crippen molar-refractivity contribution in [3.63, 3.8) is 0 Å². The molecule has 6 rings (SSSR count). The van der Waals surface area contributed by atoms with Crippen molar-refractivity contribution >= 4 is 30.1 Å². The Morgan fingerprint density at radius 3 is 2.00 bits per heavy atom. The standard InChI is InChI=1S/C37H36ClN2O9PS/c1-24-22-40(36(42)39-35(24)41)34-21-32(49-50(43,51)48-31-19-13-28(38)14-20-31)33(47-34)23-46-37(25-7-5-4-6-8-25,26-9-15-29(44-2)16-10-26)27-11-17-30(45-3)18-12-27/h4-20,22,32-34H,21,23H2,1-3H3,(H,43,51)(H,39,41,42)/p-1/t32-,33+,34+,50?/m0/s1. The number of hydrogen-bond donors (Lipinski definition) is 1. The number of aromatic nitrogens is 2. The number of hydrogen-bond acceptors (Lipinski definition) is 10. The predicted molar refractivity (Wildman–Crippen MR) is 194 cm³/mol. The van der Waals surface area contributed by atoms with Crippen molar-refractivity contribution in [2.45, 2.75) is 37.4 Å². The topological polar surface area (TPSA) is 133 Å². The van der Waals surface area contributed by atoms with Crippen LogP contribution in [0.15, 0.2) is 119 Å². The van der Waals surface area contributed by atoms with E-state index in [2.05, 4.69) is 4.98 Å². The molecule has 4 aromatic carbocycles. The summed E-state index contributed by atoms with van der Waals surface area (Å²) in [5.74, 6) is 1.53. The van der Waals surface area contributed by atoms with Gasteiger partial charge in [-0.3, -0.25) is 14.3 Å². The zero-order valence-corrected chi connectivity index (χ0v) is 30.4. The molecule has 0 amide bonds. The number of rotatable bonds is 13. The maximum absolute atomic E-state index is 13.7. The fourth-order valence-corrected chi connectivity index (χ4v) is 7.72. The van der Waals surface area contributed by atoms with Crippen LogP contribution in [-0.4, -0.2) is 42.6 Å². The van der Waals surface area contributed by atoms with Crippen molar-refractivity contribution in [2.75, 3.05) is 20.8 Å². The Morgan fingerprint density at radius 1 is 0.882 bits per heavy atom. The van der Waals surface area contributed by atoms with E-state index in [0.29, 0.717) is 22.1 Å². The third-order valence-corrected chi connectivity index (χ3v) is 10.3. The van der Waals surface area contributed by atoms with Gasteiger partial charge in [-0.05, 0) is 84.0 Å². The molecule has 14 heteroatoms. The molecule has 5 aromatic rings. The highest BCUT2D eigenvalue weighted by Gasteiger charge is 2.44. The van der Waals surface area contributed by atoms with E-state index in [-0.39, 0.29) is 18.8 Å². The Bertz CT molecular complexity index is 2060. The highest BCUT2D eigenvalue weighted by Crippen LogP contribution is 2.47. The van der Waals surface area contributed by atoms with Gasteiger partial charge in [0.15, 0.2) is 6.72 Å². The molecule has 1 fully saturated rings. The number of aryl methyl sites for hydroxylation is 1. The molecule has 51 heavy (non-hydrogen) atoms. The summed E-state index contributed by atoms with van der Waals surface area (Å²) in [5, 5.41) is 0.462. The van der Waals surface area contributed by atoms with Gasteiger partial charge in [0, 0.05) is 23.2 Å². The Labute approximate surface area is 304 Å². The first-order valence-electron chi connectivity index (χ1n) is 15.9. The molecule has 0 saturated carbocycles. The van der Waals surface area contributed by atoms with Crippen LogP contribution in [0, 0.1) is 6.92 Å². The first kappa shape index (κ1) is 36.5. The highest BCUT2D eigenvalue weighted by molar-refractivity contribution is 8.06. The minimum absolute atomic E-state index is 0.0352. The molecule has 1 saturated heterocycles. The monoisotopic (exact) mass is 749 g/mol. The minimum atomic E-state index is -4.19. The van der Waals surface area contributed by atoms with Crippen LogP contribution in [0.25, 0.3) is 0 Å². The number of nitrogens with zero attached hydrogens (tertiary/aromatic N) is 1. The van der Waals surface area contributed by atoms with Crippen molar-refractivity contribution in [1.82, 2.24) is 9.55 Å². The first-order valence-corrected chi connectivity index (χ1v) is 18.9. The predicted octanol–water partition coefficient (Wildman–Crippen LogP) is 5.86. The molecule has 2 heterocycles. The van der Waals surface area contributed by atoms with Gasteiger partial charge >= 0.3 is 5.69 Å². The second kappa shape index (κ2) is 15.5. The molecule has 1 aliphatic rings. The number of methoxy groups -OCH3 is 2. The SMILES string of the molecule is COc1ccc(C(OC[C@H]2O[C@@H](n3cc(C)c(=O)[nH]c3=O)C[C@@H]2OP([O-])(=S)Oc2ccc(Cl)cc2)(c2ccccc2)c2ccc(OC)cc2)cc1. The quantitative estimate of drug-likeness (QED) is 0.115. The van der Waals surface area contributed by atoms with Crippen LogP contribution in [0.5, 0.6) is 17.2 Å². The zero-order valence-electron chi connectivity index (χ0n) is 27.9. The summed E-state index contributed by atoms with van der Waals surface area (Å²) in [7, 11) is 3.19. The largest absolute Gasteiger partial charge is 0.770 e. The van der Waals surface area contributed by atoms with Crippen LogP contribution in [0.1, 0.15) is 34.9 Å². The normalized spacial score (nSPS) is 18.6. The van der Waals surface area contributed by atoms with Crippen molar-refractivity contribution in [3.8, 4) is 17.2 Å². The fourth-order valence-electron chi connectivity index (χ4n) is 6.03.